The van der Waals surface area contributed by atoms with Crippen molar-refractivity contribution in [1.29, 1.82) is 0 Å². The minimum Gasteiger partial charge on any atom is -0.384 e. The van der Waals surface area contributed by atoms with E-state index in [2.05, 4.69) is 29.0 Å². The Bertz CT molecular complexity index is 481. The number of likely N-dealkylation sites (N-methyl/N-ethyl adjacent to an activating group) is 1. The highest BCUT2D eigenvalue weighted by atomic mass is 16.2. The summed E-state index contributed by atoms with van der Waals surface area (Å²) < 4.78 is 0. The van der Waals surface area contributed by atoms with E-state index in [0.717, 1.165) is 57.1 Å². The Labute approximate surface area is 127 Å². The van der Waals surface area contributed by atoms with Gasteiger partial charge in [0.2, 0.25) is 0 Å². The van der Waals surface area contributed by atoms with Crippen molar-refractivity contribution in [2.75, 3.05) is 44.6 Å². The molecule has 1 fully saturated rings. The van der Waals surface area contributed by atoms with Crippen molar-refractivity contribution in [3.05, 3.63) is 23.5 Å². The predicted octanol–water partition coefficient (Wildman–Crippen LogP) is 1.99. The first kappa shape index (κ1) is 15.8. The van der Waals surface area contributed by atoms with Crippen molar-refractivity contribution >= 4 is 11.6 Å². The first-order chi connectivity index (χ1) is 10.2. The van der Waals surface area contributed by atoms with Gasteiger partial charge in [-0.05, 0) is 26.0 Å². The van der Waals surface area contributed by atoms with E-state index in [1.807, 2.05) is 17.9 Å². The van der Waals surface area contributed by atoms with Crippen LogP contribution in [-0.2, 0) is 0 Å². The number of piperazine rings is 1. The highest BCUT2D eigenvalue weighted by Crippen LogP contribution is 2.19. The molecule has 0 aliphatic carbocycles. The minimum atomic E-state index is 0.0943. The van der Waals surface area contributed by atoms with Gasteiger partial charge < -0.3 is 15.1 Å². The maximum absolute atomic E-state index is 12.7. The first-order valence-electron chi connectivity index (χ1n) is 7.87. The van der Waals surface area contributed by atoms with Crippen molar-refractivity contribution in [2.45, 2.75) is 27.2 Å². The average molecular weight is 290 g/mol. The van der Waals surface area contributed by atoms with Crippen LogP contribution in [-0.4, -0.2) is 60.0 Å². The lowest BCUT2D eigenvalue weighted by atomic mass is 10.1. The van der Waals surface area contributed by atoms with Crippen LogP contribution in [0.4, 0.5) is 5.69 Å². The highest BCUT2D eigenvalue weighted by Gasteiger charge is 2.23. The zero-order chi connectivity index (χ0) is 15.2. The van der Waals surface area contributed by atoms with Crippen LogP contribution in [0, 0.1) is 6.92 Å². The van der Waals surface area contributed by atoms with E-state index in [1.165, 1.54) is 0 Å². The fourth-order valence-corrected chi connectivity index (χ4v) is 2.57. The summed E-state index contributed by atoms with van der Waals surface area (Å²) in [6, 6.07) is 1.96. The van der Waals surface area contributed by atoms with E-state index in [-0.39, 0.29) is 5.91 Å². The van der Waals surface area contributed by atoms with E-state index < -0.39 is 0 Å². The Hall–Kier alpha value is -1.62. The summed E-state index contributed by atoms with van der Waals surface area (Å²) in [6.45, 7) is 11.7. The van der Waals surface area contributed by atoms with E-state index in [1.54, 1.807) is 6.20 Å². The van der Waals surface area contributed by atoms with Crippen molar-refractivity contribution in [3.8, 4) is 0 Å². The summed E-state index contributed by atoms with van der Waals surface area (Å²) in [4.78, 5) is 21.3. The number of carbonyl (C=O) groups is 1. The number of rotatable bonds is 5. The Balaban J connectivity index is 2.11. The topological polar surface area (TPSA) is 48.5 Å². The molecular weight excluding hydrogens is 264 g/mol. The normalized spacial score (nSPS) is 16.0. The first-order valence-corrected chi connectivity index (χ1v) is 7.87. The average Bonchev–Trinajstić information content (AvgIpc) is 2.52. The van der Waals surface area contributed by atoms with Gasteiger partial charge in [-0.2, -0.15) is 0 Å². The summed E-state index contributed by atoms with van der Waals surface area (Å²) >= 11 is 0. The molecule has 1 saturated heterocycles. The van der Waals surface area contributed by atoms with Gasteiger partial charge in [0.15, 0.2) is 0 Å². The number of anilines is 1. The second-order valence-electron chi connectivity index (χ2n) is 5.52. The molecule has 1 N–H and O–H groups in total. The number of nitrogens with zero attached hydrogens (tertiary/aromatic N) is 3. The summed E-state index contributed by atoms with van der Waals surface area (Å²) in [7, 11) is 0. The molecule has 2 rings (SSSR count). The maximum atomic E-state index is 12.7. The molecule has 5 heteroatoms. The predicted molar refractivity (Wildman–Crippen MR) is 85.8 cm³/mol. The molecule has 116 valence electrons. The molecule has 0 radical (unpaired) electrons. The van der Waals surface area contributed by atoms with Gasteiger partial charge in [0, 0.05) is 44.6 Å². The molecule has 0 unspecified atom stereocenters. The van der Waals surface area contributed by atoms with Gasteiger partial charge in [-0.1, -0.05) is 13.8 Å². The molecule has 1 aliphatic rings. The SMILES string of the molecule is CCCNc1cc(C)ncc1C(=O)N1CCN(CC)CC1. The Morgan fingerprint density at radius 2 is 2.00 bits per heavy atom. The van der Waals surface area contributed by atoms with E-state index >= 15 is 0 Å². The van der Waals surface area contributed by atoms with Gasteiger partial charge in [-0.25, -0.2) is 0 Å². The Kier molecular flexibility index (Phi) is 5.56. The number of pyridine rings is 1. The monoisotopic (exact) mass is 290 g/mol. The lowest BCUT2D eigenvalue weighted by Gasteiger charge is -2.34. The zero-order valence-electron chi connectivity index (χ0n) is 13.4. The second-order valence-corrected chi connectivity index (χ2v) is 5.52. The van der Waals surface area contributed by atoms with Gasteiger partial charge in [-0.3, -0.25) is 9.78 Å². The van der Waals surface area contributed by atoms with Crippen molar-refractivity contribution in [3.63, 3.8) is 0 Å². The van der Waals surface area contributed by atoms with Crippen molar-refractivity contribution in [2.24, 2.45) is 0 Å². The summed E-state index contributed by atoms with van der Waals surface area (Å²) in [6.07, 6.45) is 2.74. The molecule has 1 aromatic rings. The molecule has 0 aromatic carbocycles. The fourth-order valence-electron chi connectivity index (χ4n) is 2.57. The quantitative estimate of drug-likeness (QED) is 0.901. The van der Waals surface area contributed by atoms with Crippen molar-refractivity contribution in [1.82, 2.24) is 14.8 Å². The Morgan fingerprint density at radius 3 is 2.62 bits per heavy atom. The number of carbonyl (C=O) groups excluding carboxylic acids is 1. The van der Waals surface area contributed by atoms with Crippen LogP contribution in [0.15, 0.2) is 12.3 Å². The van der Waals surface area contributed by atoms with Crippen LogP contribution >= 0.6 is 0 Å². The van der Waals surface area contributed by atoms with Gasteiger partial charge in [0.05, 0.1) is 11.3 Å². The summed E-state index contributed by atoms with van der Waals surface area (Å²) in [5, 5.41) is 3.35. The molecular formula is C16H26N4O. The maximum Gasteiger partial charge on any atom is 0.257 e. The number of hydrogen-bond acceptors (Lipinski definition) is 4. The van der Waals surface area contributed by atoms with Crippen LogP contribution in [0.2, 0.25) is 0 Å². The van der Waals surface area contributed by atoms with Crippen LogP contribution in [0.3, 0.4) is 0 Å². The van der Waals surface area contributed by atoms with Crippen LogP contribution in [0.1, 0.15) is 36.3 Å². The number of amides is 1. The smallest absolute Gasteiger partial charge is 0.257 e. The van der Waals surface area contributed by atoms with E-state index in [9.17, 15) is 4.79 Å². The van der Waals surface area contributed by atoms with Crippen LogP contribution < -0.4 is 5.32 Å². The largest absolute Gasteiger partial charge is 0.384 e. The highest BCUT2D eigenvalue weighted by molar-refractivity contribution is 5.99. The molecule has 0 bridgehead atoms. The number of nitrogens with one attached hydrogen (secondary N) is 1. The number of aromatic nitrogens is 1. The molecule has 0 atom stereocenters. The summed E-state index contributed by atoms with van der Waals surface area (Å²) in [5.41, 5.74) is 2.53. The second kappa shape index (κ2) is 7.41. The van der Waals surface area contributed by atoms with Gasteiger partial charge in [0.1, 0.15) is 0 Å². The third-order valence-electron chi connectivity index (χ3n) is 3.94. The molecule has 0 saturated carbocycles. The molecule has 21 heavy (non-hydrogen) atoms. The molecule has 2 heterocycles. The molecule has 1 aliphatic heterocycles. The van der Waals surface area contributed by atoms with Gasteiger partial charge >= 0.3 is 0 Å². The lowest BCUT2D eigenvalue weighted by molar-refractivity contribution is 0.0644. The fraction of sp³-hybridized carbons (Fsp3) is 0.625. The van der Waals surface area contributed by atoms with Crippen molar-refractivity contribution < 1.29 is 4.79 Å². The third-order valence-corrected chi connectivity index (χ3v) is 3.94. The standard InChI is InChI=1S/C16H26N4O/c1-4-6-17-15-11-13(3)18-12-14(15)16(21)20-9-7-19(5-2)8-10-20/h11-12H,4-10H2,1-3H3,(H,17,18). The third kappa shape index (κ3) is 3.94. The van der Waals surface area contributed by atoms with Gasteiger partial charge in [-0.15, -0.1) is 0 Å². The zero-order valence-corrected chi connectivity index (χ0v) is 13.4. The van der Waals surface area contributed by atoms with Gasteiger partial charge in [0.25, 0.3) is 5.91 Å². The molecule has 1 aromatic heterocycles. The van der Waals surface area contributed by atoms with Crippen LogP contribution in [0.5, 0.6) is 0 Å². The molecule has 1 amide bonds. The Morgan fingerprint density at radius 1 is 1.29 bits per heavy atom. The number of hydrogen-bond donors (Lipinski definition) is 1. The molecule has 0 spiro atoms. The van der Waals surface area contributed by atoms with E-state index in [0.29, 0.717) is 5.56 Å². The molecule has 5 nitrogen and oxygen atoms in total. The van der Waals surface area contributed by atoms with Crippen LogP contribution in [0.25, 0.3) is 0 Å². The summed E-state index contributed by atoms with van der Waals surface area (Å²) in [5.74, 6) is 0.0943. The lowest BCUT2D eigenvalue weighted by Crippen LogP contribution is -2.48. The number of aryl methyl sites for hydroxylation is 1. The van der Waals surface area contributed by atoms with E-state index in [4.69, 9.17) is 0 Å². The minimum absolute atomic E-state index is 0.0943.